The second-order valence-electron chi connectivity index (χ2n) is 3.20. The monoisotopic (exact) mass is 210 g/mol. The maximum Gasteiger partial charge on any atom is 0.178 e. The fourth-order valence-corrected chi connectivity index (χ4v) is 1.13. The zero-order chi connectivity index (χ0) is 11.8. The van der Waals surface area contributed by atoms with E-state index < -0.39 is 0 Å². The minimum Gasteiger partial charge on any atom is -0.290 e. The predicted octanol–water partition coefficient (Wildman–Crippen LogP) is 3.65. The Morgan fingerprint density at radius 2 is 1.62 bits per heavy atom. The third kappa shape index (κ3) is 3.93. The SMILES string of the molecule is C=CC(=O)C=CC=Cc1ccc(C=C)cc1. The zero-order valence-corrected chi connectivity index (χ0v) is 9.10. The van der Waals surface area contributed by atoms with E-state index >= 15 is 0 Å². The number of carbonyl (C=O) groups is 1. The molecular weight excluding hydrogens is 196 g/mol. The van der Waals surface area contributed by atoms with Crippen LogP contribution in [0, 0.1) is 0 Å². The third-order valence-electron chi connectivity index (χ3n) is 2.03. The maximum atomic E-state index is 10.9. The number of ketones is 1. The van der Waals surface area contributed by atoms with Gasteiger partial charge in [-0.1, -0.05) is 61.7 Å². The summed E-state index contributed by atoms with van der Waals surface area (Å²) >= 11 is 0. The lowest BCUT2D eigenvalue weighted by Crippen LogP contribution is -1.80. The normalized spacial score (nSPS) is 10.8. The van der Waals surface area contributed by atoms with Crippen molar-refractivity contribution in [1.29, 1.82) is 0 Å². The van der Waals surface area contributed by atoms with Crippen molar-refractivity contribution in [2.45, 2.75) is 0 Å². The molecule has 0 N–H and O–H groups in total. The van der Waals surface area contributed by atoms with Gasteiger partial charge in [0.15, 0.2) is 5.78 Å². The number of carbonyl (C=O) groups excluding carboxylic acids is 1. The van der Waals surface area contributed by atoms with Gasteiger partial charge < -0.3 is 0 Å². The summed E-state index contributed by atoms with van der Waals surface area (Å²) in [5.74, 6) is -0.0911. The number of benzene rings is 1. The standard InChI is InChI=1S/C15H14O/c1-3-13-9-11-14(12-10-13)7-5-6-8-15(16)4-2/h3-12H,1-2H2. The van der Waals surface area contributed by atoms with E-state index in [0.717, 1.165) is 11.1 Å². The first kappa shape index (κ1) is 11.9. The summed E-state index contributed by atoms with van der Waals surface area (Å²) in [4.78, 5) is 10.9. The lowest BCUT2D eigenvalue weighted by atomic mass is 10.1. The van der Waals surface area contributed by atoms with Crippen molar-refractivity contribution in [3.63, 3.8) is 0 Å². The Hall–Kier alpha value is -2.15. The number of rotatable bonds is 5. The molecule has 1 heteroatoms. The van der Waals surface area contributed by atoms with Crippen molar-refractivity contribution in [1.82, 2.24) is 0 Å². The van der Waals surface area contributed by atoms with Crippen molar-refractivity contribution in [3.05, 3.63) is 72.9 Å². The quantitative estimate of drug-likeness (QED) is 0.535. The van der Waals surface area contributed by atoms with Crippen molar-refractivity contribution in [2.75, 3.05) is 0 Å². The van der Waals surface area contributed by atoms with Crippen LogP contribution in [0.3, 0.4) is 0 Å². The topological polar surface area (TPSA) is 17.1 Å². The highest BCUT2D eigenvalue weighted by Gasteiger charge is 1.86. The van der Waals surface area contributed by atoms with Gasteiger partial charge in [0.2, 0.25) is 0 Å². The van der Waals surface area contributed by atoms with Crippen molar-refractivity contribution in [3.8, 4) is 0 Å². The summed E-state index contributed by atoms with van der Waals surface area (Å²) < 4.78 is 0. The Morgan fingerprint density at radius 1 is 1.00 bits per heavy atom. The van der Waals surface area contributed by atoms with Gasteiger partial charge in [0.25, 0.3) is 0 Å². The summed E-state index contributed by atoms with van der Waals surface area (Å²) in [7, 11) is 0. The highest BCUT2D eigenvalue weighted by Crippen LogP contribution is 2.06. The Labute approximate surface area is 96.1 Å². The predicted molar refractivity (Wildman–Crippen MR) is 69.9 cm³/mol. The average Bonchev–Trinajstić information content (AvgIpc) is 2.35. The molecule has 0 unspecified atom stereocenters. The maximum absolute atomic E-state index is 10.9. The molecule has 1 aromatic rings. The molecule has 0 aliphatic heterocycles. The van der Waals surface area contributed by atoms with Crippen LogP contribution in [0.1, 0.15) is 11.1 Å². The van der Waals surface area contributed by atoms with E-state index in [0.29, 0.717) is 0 Å². The Bertz CT molecular complexity index is 433. The zero-order valence-electron chi connectivity index (χ0n) is 9.10. The lowest BCUT2D eigenvalue weighted by Gasteiger charge is -1.93. The molecule has 80 valence electrons. The van der Waals surface area contributed by atoms with Gasteiger partial charge >= 0.3 is 0 Å². The van der Waals surface area contributed by atoms with Gasteiger partial charge in [-0.3, -0.25) is 4.79 Å². The summed E-state index contributed by atoms with van der Waals surface area (Å²) in [6.45, 7) is 7.07. The molecule has 1 aromatic carbocycles. The van der Waals surface area contributed by atoms with Crippen LogP contribution in [0.5, 0.6) is 0 Å². The molecule has 1 nitrogen and oxygen atoms in total. The van der Waals surface area contributed by atoms with Gasteiger partial charge in [-0.05, 0) is 23.3 Å². The van der Waals surface area contributed by atoms with Gasteiger partial charge in [-0.25, -0.2) is 0 Å². The lowest BCUT2D eigenvalue weighted by molar-refractivity contribution is -0.110. The van der Waals surface area contributed by atoms with Crippen LogP contribution in [-0.2, 0) is 4.79 Å². The number of hydrogen-bond acceptors (Lipinski definition) is 1. The molecule has 0 saturated carbocycles. The smallest absolute Gasteiger partial charge is 0.178 e. The summed E-state index contributed by atoms with van der Waals surface area (Å²) in [6, 6.07) is 7.98. The summed E-state index contributed by atoms with van der Waals surface area (Å²) in [5.41, 5.74) is 2.18. The van der Waals surface area contributed by atoms with Crippen LogP contribution < -0.4 is 0 Å². The Morgan fingerprint density at radius 3 is 2.19 bits per heavy atom. The first-order chi connectivity index (χ1) is 7.76. The van der Waals surface area contributed by atoms with E-state index in [4.69, 9.17) is 0 Å². The average molecular weight is 210 g/mol. The van der Waals surface area contributed by atoms with Crippen LogP contribution >= 0.6 is 0 Å². The fraction of sp³-hybridized carbons (Fsp3) is 0. The van der Waals surface area contributed by atoms with E-state index in [1.807, 2.05) is 36.4 Å². The fourth-order valence-electron chi connectivity index (χ4n) is 1.13. The molecule has 0 atom stereocenters. The first-order valence-electron chi connectivity index (χ1n) is 5.00. The Kier molecular flexibility index (Phi) is 4.74. The van der Waals surface area contributed by atoms with Crippen LogP contribution in [-0.4, -0.2) is 5.78 Å². The first-order valence-corrected chi connectivity index (χ1v) is 5.00. The van der Waals surface area contributed by atoms with Gasteiger partial charge in [-0.15, -0.1) is 0 Å². The van der Waals surface area contributed by atoms with Crippen molar-refractivity contribution in [2.24, 2.45) is 0 Å². The van der Waals surface area contributed by atoms with Gasteiger partial charge in [0, 0.05) is 0 Å². The number of allylic oxidation sites excluding steroid dienone is 4. The van der Waals surface area contributed by atoms with E-state index in [2.05, 4.69) is 13.2 Å². The van der Waals surface area contributed by atoms with Crippen LogP contribution in [0.25, 0.3) is 12.2 Å². The Balaban J connectivity index is 2.62. The van der Waals surface area contributed by atoms with Gasteiger partial charge in [0.05, 0.1) is 0 Å². The minimum atomic E-state index is -0.0911. The molecule has 0 saturated heterocycles. The van der Waals surface area contributed by atoms with Crippen molar-refractivity contribution >= 4 is 17.9 Å². The molecule has 0 spiro atoms. The molecule has 1 rings (SSSR count). The molecule has 0 bridgehead atoms. The summed E-state index contributed by atoms with van der Waals surface area (Å²) in [5, 5.41) is 0. The molecule has 0 heterocycles. The van der Waals surface area contributed by atoms with Crippen LogP contribution in [0.15, 0.2) is 61.7 Å². The van der Waals surface area contributed by atoms with Gasteiger partial charge in [0.1, 0.15) is 0 Å². The summed E-state index contributed by atoms with van der Waals surface area (Å²) in [6.07, 6.45) is 10.0. The highest BCUT2D eigenvalue weighted by molar-refractivity contribution is 5.98. The van der Waals surface area contributed by atoms with Crippen molar-refractivity contribution < 1.29 is 4.79 Å². The second kappa shape index (κ2) is 6.36. The van der Waals surface area contributed by atoms with E-state index in [9.17, 15) is 4.79 Å². The molecule has 0 aliphatic rings. The van der Waals surface area contributed by atoms with E-state index in [1.165, 1.54) is 12.2 Å². The third-order valence-corrected chi connectivity index (χ3v) is 2.03. The number of hydrogen-bond donors (Lipinski definition) is 0. The van der Waals surface area contributed by atoms with E-state index in [-0.39, 0.29) is 5.78 Å². The second-order valence-corrected chi connectivity index (χ2v) is 3.20. The molecule has 0 aromatic heterocycles. The van der Waals surface area contributed by atoms with E-state index in [1.54, 1.807) is 12.2 Å². The van der Waals surface area contributed by atoms with Gasteiger partial charge in [-0.2, -0.15) is 0 Å². The molecular formula is C15H14O. The molecule has 0 radical (unpaired) electrons. The largest absolute Gasteiger partial charge is 0.290 e. The van der Waals surface area contributed by atoms with Crippen LogP contribution in [0.2, 0.25) is 0 Å². The minimum absolute atomic E-state index is 0.0911. The molecule has 0 fully saturated rings. The molecule has 0 aliphatic carbocycles. The molecule has 16 heavy (non-hydrogen) atoms. The molecule has 0 amide bonds. The highest BCUT2D eigenvalue weighted by atomic mass is 16.1. The van der Waals surface area contributed by atoms with Crippen LogP contribution in [0.4, 0.5) is 0 Å².